The Bertz CT molecular complexity index is 347. The number of carboxylic acid groups (broad SMARTS) is 1. The lowest BCUT2D eigenvalue weighted by molar-refractivity contribution is -0.149. The zero-order chi connectivity index (χ0) is 12.8. The molecule has 0 spiro atoms. The van der Waals surface area contributed by atoms with Gasteiger partial charge in [0.25, 0.3) is 0 Å². The Morgan fingerprint density at radius 1 is 1.65 bits per heavy atom. The van der Waals surface area contributed by atoms with Crippen LogP contribution in [0.4, 0.5) is 0 Å². The van der Waals surface area contributed by atoms with Gasteiger partial charge in [-0.3, -0.25) is 9.59 Å². The van der Waals surface area contributed by atoms with Crippen molar-refractivity contribution in [3.05, 3.63) is 24.3 Å². The molecule has 1 fully saturated rings. The summed E-state index contributed by atoms with van der Waals surface area (Å²) >= 11 is 0. The van der Waals surface area contributed by atoms with Crippen molar-refractivity contribution in [2.45, 2.75) is 26.2 Å². The zero-order valence-corrected chi connectivity index (χ0v) is 10.2. The second kappa shape index (κ2) is 6.23. The Morgan fingerprint density at radius 3 is 2.82 bits per heavy atom. The van der Waals surface area contributed by atoms with E-state index in [1.54, 1.807) is 11.0 Å². The topological polar surface area (TPSA) is 57.6 Å². The highest BCUT2D eigenvalue weighted by atomic mass is 16.4. The molecule has 0 bridgehead atoms. The van der Waals surface area contributed by atoms with Crippen LogP contribution in [0.2, 0.25) is 0 Å². The normalized spacial score (nSPS) is 21.5. The first-order valence-corrected chi connectivity index (χ1v) is 5.86. The van der Waals surface area contributed by atoms with Crippen LogP contribution < -0.4 is 0 Å². The third-order valence-corrected chi connectivity index (χ3v) is 3.17. The number of amides is 1. The highest BCUT2D eigenvalue weighted by Crippen LogP contribution is 2.19. The smallest absolute Gasteiger partial charge is 0.307 e. The van der Waals surface area contributed by atoms with Crippen LogP contribution in [0.1, 0.15) is 26.2 Å². The number of hydrogen-bond donors (Lipinski definition) is 1. The summed E-state index contributed by atoms with van der Waals surface area (Å²) in [6, 6.07) is 0. The molecule has 1 aliphatic rings. The largest absolute Gasteiger partial charge is 0.481 e. The van der Waals surface area contributed by atoms with E-state index in [0.29, 0.717) is 19.5 Å². The molecule has 1 atom stereocenters. The molecule has 0 saturated carbocycles. The number of carbonyl (C=O) groups excluding carboxylic acids is 1. The van der Waals surface area contributed by atoms with Crippen molar-refractivity contribution in [1.82, 2.24) is 4.90 Å². The Hall–Kier alpha value is -1.58. The van der Waals surface area contributed by atoms with Gasteiger partial charge in [-0.2, -0.15) is 0 Å². The van der Waals surface area contributed by atoms with Crippen molar-refractivity contribution >= 4 is 11.9 Å². The maximum Gasteiger partial charge on any atom is 0.307 e. The van der Waals surface area contributed by atoms with Gasteiger partial charge in [0, 0.05) is 19.5 Å². The minimum Gasteiger partial charge on any atom is -0.481 e. The fourth-order valence-corrected chi connectivity index (χ4v) is 1.95. The fraction of sp³-hybridized carbons (Fsp3) is 0.538. The first kappa shape index (κ1) is 13.5. The highest BCUT2D eigenvalue weighted by molar-refractivity contribution is 5.83. The summed E-state index contributed by atoms with van der Waals surface area (Å²) < 4.78 is 0. The van der Waals surface area contributed by atoms with Crippen molar-refractivity contribution in [3.8, 4) is 0 Å². The van der Waals surface area contributed by atoms with Gasteiger partial charge in [0.05, 0.1) is 5.92 Å². The van der Waals surface area contributed by atoms with E-state index in [1.165, 1.54) is 0 Å². The molecule has 0 aromatic rings. The SMILES string of the molecule is C=C/C(=C\C)CCN1CCC(C(=O)O)CC1=O. The van der Waals surface area contributed by atoms with Crippen LogP contribution in [0.25, 0.3) is 0 Å². The van der Waals surface area contributed by atoms with Crippen LogP contribution >= 0.6 is 0 Å². The molecule has 1 amide bonds. The quantitative estimate of drug-likeness (QED) is 0.742. The van der Waals surface area contributed by atoms with Crippen LogP contribution in [0.3, 0.4) is 0 Å². The number of hydrogen-bond acceptors (Lipinski definition) is 2. The lowest BCUT2D eigenvalue weighted by Gasteiger charge is -2.30. The summed E-state index contributed by atoms with van der Waals surface area (Å²) in [6.07, 6.45) is 5.23. The van der Waals surface area contributed by atoms with E-state index in [0.717, 1.165) is 12.0 Å². The third kappa shape index (κ3) is 3.73. The lowest BCUT2D eigenvalue weighted by Crippen LogP contribution is -2.41. The molecule has 1 saturated heterocycles. The monoisotopic (exact) mass is 237 g/mol. The summed E-state index contributed by atoms with van der Waals surface area (Å²) in [4.78, 5) is 24.2. The molecule has 1 rings (SSSR count). The number of aliphatic carboxylic acids is 1. The Balaban J connectivity index is 2.45. The van der Waals surface area contributed by atoms with Gasteiger partial charge < -0.3 is 10.0 Å². The number of likely N-dealkylation sites (tertiary alicyclic amines) is 1. The molecular formula is C13H19NO3. The molecule has 1 heterocycles. The van der Waals surface area contributed by atoms with Crippen molar-refractivity contribution in [1.29, 1.82) is 0 Å². The Kier molecular flexibility index (Phi) is 4.94. The highest BCUT2D eigenvalue weighted by Gasteiger charge is 2.29. The molecular weight excluding hydrogens is 218 g/mol. The van der Waals surface area contributed by atoms with Crippen LogP contribution in [0, 0.1) is 5.92 Å². The first-order chi connectivity index (χ1) is 8.08. The van der Waals surface area contributed by atoms with E-state index >= 15 is 0 Å². The average molecular weight is 237 g/mol. The molecule has 0 radical (unpaired) electrons. The van der Waals surface area contributed by atoms with Gasteiger partial charge in [0.15, 0.2) is 0 Å². The molecule has 94 valence electrons. The van der Waals surface area contributed by atoms with Gasteiger partial charge in [-0.25, -0.2) is 0 Å². The first-order valence-electron chi connectivity index (χ1n) is 5.86. The average Bonchev–Trinajstić information content (AvgIpc) is 2.31. The van der Waals surface area contributed by atoms with Crippen LogP contribution in [0.15, 0.2) is 24.3 Å². The molecule has 0 aromatic carbocycles. The maximum absolute atomic E-state index is 11.7. The van der Waals surface area contributed by atoms with Crippen LogP contribution in [-0.2, 0) is 9.59 Å². The fourth-order valence-electron chi connectivity index (χ4n) is 1.95. The standard InChI is InChI=1S/C13H19NO3/c1-3-10(4-2)5-7-14-8-6-11(13(16)17)9-12(14)15/h3-4,11H,1,5-9H2,2H3,(H,16,17)/b10-4+. The second-order valence-electron chi connectivity index (χ2n) is 4.23. The van der Waals surface area contributed by atoms with Crippen molar-refractivity contribution in [3.63, 3.8) is 0 Å². The Morgan fingerprint density at radius 2 is 2.35 bits per heavy atom. The van der Waals surface area contributed by atoms with E-state index in [9.17, 15) is 9.59 Å². The van der Waals surface area contributed by atoms with E-state index in [1.807, 2.05) is 13.0 Å². The maximum atomic E-state index is 11.7. The van der Waals surface area contributed by atoms with Crippen molar-refractivity contribution in [2.75, 3.05) is 13.1 Å². The van der Waals surface area contributed by atoms with Gasteiger partial charge >= 0.3 is 5.97 Å². The van der Waals surface area contributed by atoms with Gasteiger partial charge in [-0.05, 0) is 19.8 Å². The van der Waals surface area contributed by atoms with Gasteiger partial charge in [0.2, 0.25) is 5.91 Å². The number of piperidine rings is 1. The van der Waals surface area contributed by atoms with Crippen molar-refractivity contribution < 1.29 is 14.7 Å². The zero-order valence-electron chi connectivity index (χ0n) is 10.2. The van der Waals surface area contributed by atoms with Gasteiger partial charge in [-0.15, -0.1) is 0 Å². The molecule has 0 aliphatic carbocycles. The molecule has 1 aliphatic heterocycles. The summed E-state index contributed by atoms with van der Waals surface area (Å²) in [6.45, 7) is 6.84. The summed E-state index contributed by atoms with van der Waals surface area (Å²) in [5.41, 5.74) is 1.11. The van der Waals surface area contributed by atoms with Gasteiger partial charge in [0.1, 0.15) is 0 Å². The summed E-state index contributed by atoms with van der Waals surface area (Å²) in [7, 11) is 0. The Labute approximate surface area is 102 Å². The lowest BCUT2D eigenvalue weighted by atomic mass is 9.96. The van der Waals surface area contributed by atoms with Crippen molar-refractivity contribution in [2.24, 2.45) is 5.92 Å². The molecule has 1 unspecified atom stereocenters. The van der Waals surface area contributed by atoms with Crippen LogP contribution in [-0.4, -0.2) is 35.0 Å². The molecule has 4 heteroatoms. The van der Waals surface area contributed by atoms with Gasteiger partial charge in [-0.1, -0.05) is 24.3 Å². The molecule has 0 aromatic heterocycles. The number of nitrogens with zero attached hydrogens (tertiary/aromatic N) is 1. The number of carboxylic acids is 1. The molecule has 1 N–H and O–H groups in total. The van der Waals surface area contributed by atoms with E-state index in [4.69, 9.17) is 5.11 Å². The minimum atomic E-state index is -0.863. The van der Waals surface area contributed by atoms with E-state index in [2.05, 4.69) is 6.58 Å². The minimum absolute atomic E-state index is 0.0526. The summed E-state index contributed by atoms with van der Waals surface area (Å²) in [5.74, 6) is -1.42. The molecule has 17 heavy (non-hydrogen) atoms. The second-order valence-corrected chi connectivity index (χ2v) is 4.23. The van der Waals surface area contributed by atoms with Crippen LogP contribution in [0.5, 0.6) is 0 Å². The number of rotatable bonds is 5. The molecule has 4 nitrogen and oxygen atoms in total. The predicted octanol–water partition coefficient (Wildman–Crippen LogP) is 1.83. The third-order valence-electron chi connectivity index (χ3n) is 3.17. The predicted molar refractivity (Wildman–Crippen MR) is 65.5 cm³/mol. The van der Waals surface area contributed by atoms with E-state index in [-0.39, 0.29) is 12.3 Å². The van der Waals surface area contributed by atoms with E-state index < -0.39 is 11.9 Å². The summed E-state index contributed by atoms with van der Waals surface area (Å²) in [5, 5.41) is 8.84. The number of carbonyl (C=O) groups is 2. The number of allylic oxidation sites excluding steroid dienone is 2.